The molecule has 178 valence electrons. The van der Waals surface area contributed by atoms with Crippen molar-refractivity contribution in [3.8, 4) is 0 Å². The second-order valence-corrected chi connectivity index (χ2v) is 8.00. The highest BCUT2D eigenvalue weighted by Crippen LogP contribution is 2.28. The largest absolute Gasteiger partial charge is 0.468 e. The van der Waals surface area contributed by atoms with Crippen molar-refractivity contribution in [1.29, 1.82) is 0 Å². The molecule has 1 aliphatic heterocycles. The zero-order valence-corrected chi connectivity index (χ0v) is 20.0. The normalized spacial score (nSPS) is 15.3. The Morgan fingerprint density at radius 2 is 1.74 bits per heavy atom. The molecule has 1 N–H and O–H groups in total. The molecule has 0 saturated carbocycles. The van der Waals surface area contributed by atoms with Crippen LogP contribution in [0.1, 0.15) is 23.7 Å². The van der Waals surface area contributed by atoms with Crippen LogP contribution in [0, 0.1) is 0 Å². The minimum atomic E-state index is -1.01. The summed E-state index contributed by atoms with van der Waals surface area (Å²) in [6.45, 7) is 1.67. The van der Waals surface area contributed by atoms with E-state index in [1.807, 2.05) is 0 Å². The lowest BCUT2D eigenvalue weighted by Gasteiger charge is -2.22. The highest BCUT2D eigenvalue weighted by Gasteiger charge is 2.45. The third kappa shape index (κ3) is 5.70. The van der Waals surface area contributed by atoms with Crippen molar-refractivity contribution in [2.24, 2.45) is 0 Å². The maximum Gasteiger partial charge on any atom is 0.338 e. The fourth-order valence-electron chi connectivity index (χ4n) is 3.34. The fraction of sp³-hybridized carbons (Fsp3) is 0.261. The molecule has 34 heavy (non-hydrogen) atoms. The van der Waals surface area contributed by atoms with Gasteiger partial charge in [0.15, 0.2) is 5.11 Å². The Hall–Kier alpha value is -3.50. The number of halogens is 1. The number of carbonyl (C=O) groups excluding carboxylic acids is 4. The maximum atomic E-state index is 13.2. The van der Waals surface area contributed by atoms with Crippen molar-refractivity contribution in [3.05, 3.63) is 59.1 Å². The molecule has 0 spiro atoms. The van der Waals surface area contributed by atoms with Gasteiger partial charge in [-0.25, -0.2) is 4.79 Å². The first-order valence-corrected chi connectivity index (χ1v) is 11.1. The van der Waals surface area contributed by atoms with Crippen molar-refractivity contribution in [2.75, 3.05) is 30.5 Å². The molecule has 1 heterocycles. The van der Waals surface area contributed by atoms with E-state index < -0.39 is 29.8 Å². The molecule has 1 atom stereocenters. The number of hydrogen-bond acceptors (Lipinski definition) is 7. The van der Waals surface area contributed by atoms with E-state index in [4.69, 9.17) is 33.3 Å². The van der Waals surface area contributed by atoms with Gasteiger partial charge >= 0.3 is 11.9 Å². The van der Waals surface area contributed by atoms with Gasteiger partial charge in [0, 0.05) is 10.7 Å². The van der Waals surface area contributed by atoms with Gasteiger partial charge in [-0.1, -0.05) is 11.6 Å². The number of nitrogens with one attached hydrogen (secondary N) is 1. The van der Waals surface area contributed by atoms with Gasteiger partial charge in [0.1, 0.15) is 12.6 Å². The lowest BCUT2D eigenvalue weighted by molar-refractivity contribution is -0.141. The molecule has 0 aliphatic carbocycles. The van der Waals surface area contributed by atoms with Crippen LogP contribution < -0.4 is 10.2 Å². The summed E-state index contributed by atoms with van der Waals surface area (Å²) >= 11 is 11.4. The van der Waals surface area contributed by atoms with Gasteiger partial charge in [-0.2, -0.15) is 0 Å². The number of esters is 2. The number of rotatable bonds is 8. The van der Waals surface area contributed by atoms with Crippen LogP contribution in [-0.2, 0) is 23.9 Å². The molecular formula is C23H22ClN3O6S. The zero-order chi connectivity index (χ0) is 24.8. The van der Waals surface area contributed by atoms with E-state index in [1.165, 1.54) is 29.0 Å². The van der Waals surface area contributed by atoms with Gasteiger partial charge in [0.05, 0.1) is 31.4 Å². The first kappa shape index (κ1) is 25.1. The Bertz CT molecular complexity index is 1110. The quantitative estimate of drug-likeness (QED) is 0.433. The summed E-state index contributed by atoms with van der Waals surface area (Å²) < 4.78 is 9.66. The van der Waals surface area contributed by atoms with Crippen molar-refractivity contribution >= 4 is 64.1 Å². The first-order chi connectivity index (χ1) is 16.2. The lowest BCUT2D eigenvalue weighted by atomic mass is 10.1. The van der Waals surface area contributed by atoms with Crippen LogP contribution >= 0.6 is 23.8 Å². The summed E-state index contributed by atoms with van der Waals surface area (Å²) in [5.74, 6) is -2.00. The van der Waals surface area contributed by atoms with Crippen LogP contribution in [0.25, 0.3) is 0 Å². The number of amides is 2. The SMILES string of the molecule is CCOC(=O)c1ccc(NC(=O)CC2C(=O)N(c3ccc(Cl)cc3)C(=S)N2CC(=O)OC)cc1. The van der Waals surface area contributed by atoms with Crippen molar-refractivity contribution in [3.63, 3.8) is 0 Å². The Labute approximate surface area is 206 Å². The summed E-state index contributed by atoms with van der Waals surface area (Å²) in [7, 11) is 1.22. The molecule has 2 amide bonds. The van der Waals surface area contributed by atoms with Crippen molar-refractivity contribution in [2.45, 2.75) is 19.4 Å². The van der Waals surface area contributed by atoms with Gasteiger partial charge < -0.3 is 19.7 Å². The molecule has 1 unspecified atom stereocenters. The minimum Gasteiger partial charge on any atom is -0.468 e. The molecule has 0 bridgehead atoms. The van der Waals surface area contributed by atoms with Crippen molar-refractivity contribution in [1.82, 2.24) is 4.90 Å². The zero-order valence-electron chi connectivity index (χ0n) is 18.4. The Kier molecular flexibility index (Phi) is 8.19. The van der Waals surface area contributed by atoms with E-state index >= 15 is 0 Å². The average Bonchev–Trinajstić information content (AvgIpc) is 3.04. The van der Waals surface area contributed by atoms with Crippen LogP contribution in [-0.4, -0.2) is 60.1 Å². The second kappa shape index (κ2) is 11.1. The van der Waals surface area contributed by atoms with E-state index in [0.29, 0.717) is 22.0 Å². The predicted molar refractivity (Wildman–Crippen MR) is 130 cm³/mol. The average molecular weight is 504 g/mol. The molecule has 2 aromatic rings. The van der Waals surface area contributed by atoms with Crippen molar-refractivity contribution < 1.29 is 28.7 Å². The van der Waals surface area contributed by atoms with Crippen LogP contribution in [0.5, 0.6) is 0 Å². The smallest absolute Gasteiger partial charge is 0.338 e. The summed E-state index contributed by atoms with van der Waals surface area (Å²) in [6, 6.07) is 11.6. The monoisotopic (exact) mass is 503 g/mol. The number of nitrogens with zero attached hydrogens (tertiary/aromatic N) is 2. The molecule has 0 aromatic heterocycles. The summed E-state index contributed by atoms with van der Waals surface area (Å²) in [4.78, 5) is 52.3. The lowest BCUT2D eigenvalue weighted by Crippen LogP contribution is -2.41. The van der Waals surface area contributed by atoms with Gasteiger partial charge in [-0.15, -0.1) is 0 Å². The minimum absolute atomic E-state index is 0.0781. The molecule has 0 radical (unpaired) electrons. The maximum absolute atomic E-state index is 13.2. The third-order valence-corrected chi connectivity index (χ3v) is 5.66. The van der Waals surface area contributed by atoms with E-state index in [1.54, 1.807) is 43.3 Å². The molecule has 1 saturated heterocycles. The molecule has 3 rings (SSSR count). The molecule has 1 aliphatic rings. The van der Waals surface area contributed by atoms with Gasteiger partial charge in [0.25, 0.3) is 5.91 Å². The first-order valence-electron chi connectivity index (χ1n) is 10.3. The number of thiocarbonyl (C=S) groups is 1. The number of methoxy groups -OCH3 is 1. The highest BCUT2D eigenvalue weighted by atomic mass is 35.5. The standard InChI is InChI=1S/C23H22ClN3O6S/c1-3-33-22(31)14-4-8-16(9-5-14)25-19(28)12-18-21(30)27(17-10-6-15(24)7-11-17)23(34)26(18)13-20(29)32-2/h4-11,18H,3,12-13H2,1-2H3,(H,25,28). The topological polar surface area (TPSA) is 105 Å². The summed E-state index contributed by atoms with van der Waals surface area (Å²) in [6.07, 6.45) is -0.264. The third-order valence-electron chi connectivity index (χ3n) is 4.99. The molecular weight excluding hydrogens is 482 g/mol. The number of ether oxygens (including phenoxy) is 2. The van der Waals surface area contributed by atoms with Crippen LogP contribution in [0.3, 0.4) is 0 Å². The van der Waals surface area contributed by atoms with Crippen LogP contribution in [0.15, 0.2) is 48.5 Å². The fourth-order valence-corrected chi connectivity index (χ4v) is 3.85. The molecule has 11 heteroatoms. The Morgan fingerprint density at radius 1 is 1.09 bits per heavy atom. The molecule has 2 aromatic carbocycles. The van der Waals surface area contributed by atoms with Crippen LogP contribution in [0.4, 0.5) is 11.4 Å². The van der Waals surface area contributed by atoms with Gasteiger partial charge in [-0.3, -0.25) is 19.3 Å². The molecule has 1 fully saturated rings. The highest BCUT2D eigenvalue weighted by molar-refractivity contribution is 7.80. The van der Waals surface area contributed by atoms with Gasteiger partial charge in [0.2, 0.25) is 5.91 Å². The number of carbonyl (C=O) groups is 4. The summed E-state index contributed by atoms with van der Waals surface area (Å²) in [5.41, 5.74) is 1.24. The summed E-state index contributed by atoms with van der Waals surface area (Å²) in [5, 5.41) is 3.25. The number of hydrogen-bond donors (Lipinski definition) is 1. The van der Waals surface area contributed by atoms with E-state index in [0.717, 1.165) is 0 Å². The molecule has 9 nitrogen and oxygen atoms in total. The number of anilines is 2. The number of benzene rings is 2. The Balaban J connectivity index is 1.76. The predicted octanol–water partition coefficient (Wildman–Crippen LogP) is 3.02. The second-order valence-electron chi connectivity index (χ2n) is 7.20. The van der Waals surface area contributed by atoms with Gasteiger partial charge in [-0.05, 0) is 67.7 Å². The van der Waals surface area contributed by atoms with E-state index in [2.05, 4.69) is 5.32 Å². The Morgan fingerprint density at radius 3 is 2.32 bits per heavy atom. The van der Waals surface area contributed by atoms with Crippen LogP contribution in [0.2, 0.25) is 5.02 Å². The van der Waals surface area contributed by atoms with E-state index in [-0.39, 0.29) is 24.7 Å². The van der Waals surface area contributed by atoms with E-state index in [9.17, 15) is 19.2 Å².